The lowest BCUT2D eigenvalue weighted by atomic mass is 9.82. The Hall–Kier alpha value is -2.11. The highest BCUT2D eigenvalue weighted by Crippen LogP contribution is 2.56. The fourth-order valence-electron chi connectivity index (χ4n) is 3.56. The molecular weight excluding hydrogens is 254 g/mol. The molecule has 1 saturated carbocycles. The minimum Gasteiger partial charge on any atom is -0.369 e. The Balaban J connectivity index is 1.68. The normalized spacial score (nSPS) is 24.2. The van der Waals surface area contributed by atoms with Gasteiger partial charge < -0.3 is 15.6 Å². The molecule has 0 aromatic carbocycles. The summed E-state index contributed by atoms with van der Waals surface area (Å²) in [7, 11) is 0. The monoisotopic (exact) mass is 271 g/mol. The van der Waals surface area contributed by atoms with Gasteiger partial charge in [0.25, 0.3) is 0 Å². The summed E-state index contributed by atoms with van der Waals surface area (Å²) in [5.41, 5.74) is 6.51. The third-order valence-corrected chi connectivity index (χ3v) is 4.80. The lowest BCUT2D eigenvalue weighted by Crippen LogP contribution is -2.46. The third kappa shape index (κ3) is 1.60. The molecule has 0 bridgehead atoms. The van der Waals surface area contributed by atoms with Crippen molar-refractivity contribution in [2.45, 2.75) is 19.3 Å². The number of carbonyl (C=O) groups excluding carboxylic acids is 1. The number of H-pyrrole nitrogens is 1. The molecule has 3 heterocycles. The number of piperidine rings is 1. The molecule has 2 aromatic heterocycles. The Morgan fingerprint density at radius 2 is 2.30 bits per heavy atom. The molecule has 6 heteroatoms. The molecule has 104 valence electrons. The summed E-state index contributed by atoms with van der Waals surface area (Å²) in [5, 5.41) is 1.04. The number of anilines is 1. The zero-order valence-electron chi connectivity index (χ0n) is 11.2. The van der Waals surface area contributed by atoms with Crippen LogP contribution in [0.25, 0.3) is 11.0 Å². The Bertz CT molecular complexity index is 675. The SMILES string of the molecule is NC(=O)C1CCN(c2ncnc3[nH]ccc23)CC12CC2. The second-order valence-electron chi connectivity index (χ2n) is 5.96. The molecule has 20 heavy (non-hydrogen) atoms. The summed E-state index contributed by atoms with van der Waals surface area (Å²) in [6, 6.07) is 2.00. The minimum absolute atomic E-state index is 0.0299. The molecule has 3 N–H and O–H groups in total. The van der Waals surface area contributed by atoms with Gasteiger partial charge in [-0.2, -0.15) is 0 Å². The minimum atomic E-state index is -0.142. The average molecular weight is 271 g/mol. The molecule has 6 nitrogen and oxygen atoms in total. The molecule has 1 spiro atoms. The number of hydrogen-bond acceptors (Lipinski definition) is 4. The van der Waals surface area contributed by atoms with E-state index in [1.807, 2.05) is 12.3 Å². The number of nitrogens with one attached hydrogen (secondary N) is 1. The number of fused-ring (bicyclic) bond motifs is 1. The van der Waals surface area contributed by atoms with Crippen LogP contribution in [0.5, 0.6) is 0 Å². The van der Waals surface area contributed by atoms with E-state index >= 15 is 0 Å². The maximum absolute atomic E-state index is 11.6. The Morgan fingerprint density at radius 3 is 3.05 bits per heavy atom. The van der Waals surface area contributed by atoms with E-state index in [1.165, 1.54) is 0 Å². The van der Waals surface area contributed by atoms with E-state index in [4.69, 9.17) is 5.73 Å². The van der Waals surface area contributed by atoms with Gasteiger partial charge in [0.1, 0.15) is 17.8 Å². The summed E-state index contributed by atoms with van der Waals surface area (Å²) >= 11 is 0. The van der Waals surface area contributed by atoms with Crippen LogP contribution in [0.2, 0.25) is 0 Å². The largest absolute Gasteiger partial charge is 0.369 e. The Morgan fingerprint density at radius 1 is 1.45 bits per heavy atom. The van der Waals surface area contributed by atoms with E-state index in [9.17, 15) is 4.79 Å². The van der Waals surface area contributed by atoms with E-state index in [0.717, 1.165) is 49.2 Å². The molecule has 1 aliphatic heterocycles. The number of nitrogens with two attached hydrogens (primary N) is 1. The van der Waals surface area contributed by atoms with Gasteiger partial charge in [-0.1, -0.05) is 0 Å². The lowest BCUT2D eigenvalue weighted by Gasteiger charge is -2.38. The molecule has 1 unspecified atom stereocenters. The van der Waals surface area contributed by atoms with E-state index < -0.39 is 0 Å². The van der Waals surface area contributed by atoms with Crippen LogP contribution in [0.1, 0.15) is 19.3 Å². The van der Waals surface area contributed by atoms with E-state index in [1.54, 1.807) is 6.33 Å². The van der Waals surface area contributed by atoms with Gasteiger partial charge in [-0.05, 0) is 30.7 Å². The topological polar surface area (TPSA) is 87.9 Å². The van der Waals surface area contributed by atoms with Crippen LogP contribution < -0.4 is 10.6 Å². The van der Waals surface area contributed by atoms with Crippen molar-refractivity contribution in [2.24, 2.45) is 17.1 Å². The van der Waals surface area contributed by atoms with Crippen LogP contribution in [-0.2, 0) is 4.79 Å². The summed E-state index contributed by atoms with van der Waals surface area (Å²) < 4.78 is 0. The number of hydrogen-bond donors (Lipinski definition) is 2. The zero-order chi connectivity index (χ0) is 13.7. The highest BCUT2D eigenvalue weighted by atomic mass is 16.1. The summed E-state index contributed by atoms with van der Waals surface area (Å²) in [4.78, 5) is 25.7. The van der Waals surface area contributed by atoms with Crippen LogP contribution in [0.15, 0.2) is 18.6 Å². The van der Waals surface area contributed by atoms with Crippen LogP contribution in [-0.4, -0.2) is 33.9 Å². The zero-order valence-corrected chi connectivity index (χ0v) is 11.2. The Kier molecular flexibility index (Phi) is 2.31. The van der Waals surface area contributed by atoms with Gasteiger partial charge >= 0.3 is 0 Å². The van der Waals surface area contributed by atoms with Crippen molar-refractivity contribution in [1.82, 2.24) is 15.0 Å². The summed E-state index contributed by atoms with van der Waals surface area (Å²) in [6.45, 7) is 1.70. The molecule has 0 radical (unpaired) electrons. The second kappa shape index (κ2) is 3.94. The first-order valence-corrected chi connectivity index (χ1v) is 7.02. The van der Waals surface area contributed by atoms with E-state index in [-0.39, 0.29) is 17.2 Å². The first-order valence-electron chi connectivity index (χ1n) is 7.02. The smallest absolute Gasteiger partial charge is 0.221 e. The van der Waals surface area contributed by atoms with Gasteiger partial charge in [-0.3, -0.25) is 4.79 Å². The first-order chi connectivity index (χ1) is 9.70. The van der Waals surface area contributed by atoms with Gasteiger partial charge in [0, 0.05) is 25.2 Å². The van der Waals surface area contributed by atoms with E-state index in [2.05, 4.69) is 19.9 Å². The van der Waals surface area contributed by atoms with Crippen molar-refractivity contribution < 1.29 is 4.79 Å². The van der Waals surface area contributed by atoms with Gasteiger partial charge in [0.15, 0.2) is 0 Å². The highest BCUT2D eigenvalue weighted by Gasteiger charge is 2.54. The van der Waals surface area contributed by atoms with Crippen molar-refractivity contribution in [3.8, 4) is 0 Å². The number of rotatable bonds is 2. The molecule has 2 aliphatic rings. The van der Waals surface area contributed by atoms with Crippen LogP contribution in [0, 0.1) is 11.3 Å². The standard InChI is InChI=1S/C14H17N5O/c15-11(20)10-2-6-19(7-14(10)3-4-14)13-9-1-5-16-12(9)17-8-18-13/h1,5,8,10H,2-4,6-7H2,(H2,15,20)(H,16,17,18). The molecule has 1 saturated heterocycles. The maximum Gasteiger partial charge on any atom is 0.221 e. The fraction of sp³-hybridized carbons (Fsp3) is 0.500. The predicted molar refractivity (Wildman–Crippen MR) is 75.1 cm³/mol. The number of nitrogens with zero attached hydrogens (tertiary/aromatic N) is 3. The maximum atomic E-state index is 11.6. The van der Waals surface area contributed by atoms with Crippen LogP contribution in [0.4, 0.5) is 5.82 Å². The summed E-state index contributed by atoms with van der Waals surface area (Å²) in [6.07, 6.45) is 6.49. The second-order valence-corrected chi connectivity index (χ2v) is 5.96. The molecule has 4 rings (SSSR count). The van der Waals surface area contributed by atoms with Crippen LogP contribution in [0.3, 0.4) is 0 Å². The number of primary amides is 1. The van der Waals surface area contributed by atoms with Crippen molar-refractivity contribution >= 4 is 22.8 Å². The van der Waals surface area contributed by atoms with Gasteiger partial charge in [0.05, 0.1) is 5.39 Å². The van der Waals surface area contributed by atoms with Crippen molar-refractivity contribution in [3.05, 3.63) is 18.6 Å². The number of aromatic nitrogens is 3. The summed E-state index contributed by atoms with van der Waals surface area (Å²) in [5.74, 6) is 0.851. The number of carbonyl (C=O) groups is 1. The molecular formula is C14H17N5O. The van der Waals surface area contributed by atoms with Crippen LogP contribution >= 0.6 is 0 Å². The lowest BCUT2D eigenvalue weighted by molar-refractivity contribution is -0.124. The molecule has 1 atom stereocenters. The van der Waals surface area contributed by atoms with Gasteiger partial charge in [0.2, 0.25) is 5.91 Å². The molecule has 2 aromatic rings. The number of aromatic amines is 1. The average Bonchev–Trinajstić information content (AvgIpc) is 3.03. The first kappa shape index (κ1) is 11.7. The van der Waals surface area contributed by atoms with Crippen molar-refractivity contribution in [1.29, 1.82) is 0 Å². The van der Waals surface area contributed by atoms with Crippen molar-refractivity contribution in [2.75, 3.05) is 18.0 Å². The van der Waals surface area contributed by atoms with E-state index in [0.29, 0.717) is 0 Å². The molecule has 1 aliphatic carbocycles. The number of amides is 1. The predicted octanol–water partition coefficient (Wildman–Crippen LogP) is 1.05. The molecule has 1 amide bonds. The molecule has 2 fully saturated rings. The van der Waals surface area contributed by atoms with Gasteiger partial charge in [-0.15, -0.1) is 0 Å². The quantitative estimate of drug-likeness (QED) is 0.854. The van der Waals surface area contributed by atoms with Crippen molar-refractivity contribution in [3.63, 3.8) is 0 Å². The third-order valence-electron chi connectivity index (χ3n) is 4.80. The fourth-order valence-corrected chi connectivity index (χ4v) is 3.56. The highest BCUT2D eigenvalue weighted by molar-refractivity contribution is 5.87. The Labute approximate surface area is 116 Å². The van der Waals surface area contributed by atoms with Gasteiger partial charge in [-0.25, -0.2) is 9.97 Å².